The molecule has 0 aromatic heterocycles. The third-order valence-electron chi connectivity index (χ3n) is 1.91. The molecular formula is C8H15N. The molecule has 0 aromatic rings. The molecule has 52 valence electrons. The lowest BCUT2D eigenvalue weighted by molar-refractivity contribution is 0.351. The summed E-state index contributed by atoms with van der Waals surface area (Å²) in [7, 11) is 0. The van der Waals surface area contributed by atoms with Gasteiger partial charge < -0.3 is 0 Å². The second kappa shape index (κ2) is 2.51. The maximum Gasteiger partial charge on any atom is 0.0385 e. The van der Waals surface area contributed by atoms with E-state index in [0.717, 1.165) is 13.0 Å². The van der Waals surface area contributed by atoms with Gasteiger partial charge >= 0.3 is 0 Å². The zero-order valence-electron chi connectivity index (χ0n) is 6.35. The van der Waals surface area contributed by atoms with Gasteiger partial charge in [0.1, 0.15) is 0 Å². The molecule has 0 spiro atoms. The Bertz CT molecular complexity index is 114. The van der Waals surface area contributed by atoms with Gasteiger partial charge in [-0.05, 0) is 30.9 Å². The average Bonchev–Trinajstić information content (AvgIpc) is 1.92. The summed E-state index contributed by atoms with van der Waals surface area (Å²) < 4.78 is 0. The van der Waals surface area contributed by atoms with E-state index in [-0.39, 0.29) is 0 Å². The minimum atomic E-state index is 0.514. The SMILES string of the molecule is CC1(C)CC=NCCC1. The first kappa shape index (κ1) is 6.79. The predicted molar refractivity (Wildman–Crippen MR) is 41.0 cm³/mol. The third kappa shape index (κ3) is 2.17. The van der Waals surface area contributed by atoms with Crippen LogP contribution >= 0.6 is 0 Å². The monoisotopic (exact) mass is 125 g/mol. The number of rotatable bonds is 0. The molecule has 0 bridgehead atoms. The number of hydrogen-bond acceptors (Lipinski definition) is 1. The fourth-order valence-corrected chi connectivity index (χ4v) is 1.15. The van der Waals surface area contributed by atoms with Crippen molar-refractivity contribution in [2.75, 3.05) is 6.54 Å². The molecule has 0 aromatic carbocycles. The van der Waals surface area contributed by atoms with Crippen molar-refractivity contribution >= 4 is 6.21 Å². The topological polar surface area (TPSA) is 12.4 Å². The van der Waals surface area contributed by atoms with Crippen LogP contribution in [0.2, 0.25) is 0 Å². The van der Waals surface area contributed by atoms with E-state index in [4.69, 9.17) is 0 Å². The smallest absolute Gasteiger partial charge is 0.0385 e. The number of hydrogen-bond donors (Lipinski definition) is 0. The standard InChI is InChI=1S/C8H15N/c1-8(2)4-3-6-9-7-5-8/h7H,3-6H2,1-2H3. The van der Waals surface area contributed by atoms with Gasteiger partial charge in [0.15, 0.2) is 0 Å². The van der Waals surface area contributed by atoms with Gasteiger partial charge in [-0.25, -0.2) is 0 Å². The van der Waals surface area contributed by atoms with Crippen LogP contribution in [0, 0.1) is 5.41 Å². The highest BCUT2D eigenvalue weighted by atomic mass is 14.7. The molecule has 1 heterocycles. The maximum atomic E-state index is 4.24. The lowest BCUT2D eigenvalue weighted by Crippen LogP contribution is -2.09. The Kier molecular flexibility index (Phi) is 1.89. The van der Waals surface area contributed by atoms with E-state index in [1.807, 2.05) is 0 Å². The normalized spacial score (nSPS) is 25.6. The Labute approximate surface area is 57.2 Å². The van der Waals surface area contributed by atoms with Gasteiger partial charge in [-0.1, -0.05) is 13.8 Å². The fourth-order valence-electron chi connectivity index (χ4n) is 1.15. The van der Waals surface area contributed by atoms with Crippen LogP contribution < -0.4 is 0 Å². The van der Waals surface area contributed by atoms with E-state index in [9.17, 15) is 0 Å². The average molecular weight is 125 g/mol. The Morgan fingerprint density at radius 1 is 1.44 bits per heavy atom. The maximum absolute atomic E-state index is 4.24. The molecule has 0 unspecified atom stereocenters. The summed E-state index contributed by atoms with van der Waals surface area (Å²) >= 11 is 0. The number of aliphatic imine (C=N–C) groups is 1. The highest BCUT2D eigenvalue weighted by molar-refractivity contribution is 5.58. The van der Waals surface area contributed by atoms with E-state index < -0.39 is 0 Å². The van der Waals surface area contributed by atoms with Crippen LogP contribution in [-0.2, 0) is 0 Å². The Hall–Kier alpha value is -0.330. The van der Waals surface area contributed by atoms with Crippen LogP contribution in [0.4, 0.5) is 0 Å². The molecule has 0 radical (unpaired) electrons. The van der Waals surface area contributed by atoms with Gasteiger partial charge in [-0.3, -0.25) is 4.99 Å². The molecule has 0 fully saturated rings. The van der Waals surface area contributed by atoms with E-state index in [0.29, 0.717) is 5.41 Å². The lowest BCUT2D eigenvalue weighted by atomic mass is 9.86. The van der Waals surface area contributed by atoms with Crippen LogP contribution in [-0.4, -0.2) is 12.8 Å². The molecule has 0 atom stereocenters. The van der Waals surface area contributed by atoms with E-state index in [1.54, 1.807) is 0 Å². The predicted octanol–water partition coefficient (Wildman–Crippen LogP) is 2.27. The summed E-state index contributed by atoms with van der Waals surface area (Å²) in [6.45, 7) is 5.66. The summed E-state index contributed by atoms with van der Waals surface area (Å²) in [5.41, 5.74) is 0.514. The Balaban J connectivity index is 2.48. The molecular weight excluding hydrogens is 110 g/mol. The minimum Gasteiger partial charge on any atom is -0.298 e. The molecule has 1 aliphatic rings. The highest BCUT2D eigenvalue weighted by Crippen LogP contribution is 2.26. The van der Waals surface area contributed by atoms with Crippen molar-refractivity contribution in [1.82, 2.24) is 0 Å². The van der Waals surface area contributed by atoms with Crippen molar-refractivity contribution in [2.24, 2.45) is 10.4 Å². The molecule has 0 saturated heterocycles. The first-order chi connectivity index (χ1) is 4.21. The quantitative estimate of drug-likeness (QED) is 0.471. The van der Waals surface area contributed by atoms with E-state index in [2.05, 4.69) is 25.1 Å². The number of nitrogens with zero attached hydrogens (tertiary/aromatic N) is 1. The van der Waals surface area contributed by atoms with Crippen molar-refractivity contribution in [3.8, 4) is 0 Å². The molecule has 0 aliphatic carbocycles. The highest BCUT2D eigenvalue weighted by Gasteiger charge is 2.16. The molecule has 0 saturated carbocycles. The van der Waals surface area contributed by atoms with Crippen molar-refractivity contribution in [3.63, 3.8) is 0 Å². The molecule has 0 amide bonds. The van der Waals surface area contributed by atoms with Gasteiger partial charge in [-0.2, -0.15) is 0 Å². The van der Waals surface area contributed by atoms with Gasteiger partial charge in [-0.15, -0.1) is 0 Å². The molecule has 1 nitrogen and oxygen atoms in total. The summed E-state index contributed by atoms with van der Waals surface area (Å²) in [6.07, 6.45) is 5.83. The third-order valence-corrected chi connectivity index (χ3v) is 1.91. The van der Waals surface area contributed by atoms with Gasteiger partial charge in [0.25, 0.3) is 0 Å². The van der Waals surface area contributed by atoms with E-state index >= 15 is 0 Å². The lowest BCUT2D eigenvalue weighted by Gasteiger charge is -2.19. The zero-order valence-corrected chi connectivity index (χ0v) is 6.35. The Morgan fingerprint density at radius 2 is 2.22 bits per heavy atom. The summed E-state index contributed by atoms with van der Waals surface area (Å²) in [4.78, 5) is 4.24. The molecule has 1 heteroatoms. The summed E-state index contributed by atoms with van der Waals surface area (Å²) in [5, 5.41) is 0. The van der Waals surface area contributed by atoms with Crippen LogP contribution in [0.25, 0.3) is 0 Å². The van der Waals surface area contributed by atoms with Crippen molar-refractivity contribution < 1.29 is 0 Å². The van der Waals surface area contributed by atoms with Crippen molar-refractivity contribution in [3.05, 3.63) is 0 Å². The van der Waals surface area contributed by atoms with E-state index in [1.165, 1.54) is 12.8 Å². The second-order valence-electron chi connectivity index (χ2n) is 3.56. The van der Waals surface area contributed by atoms with Gasteiger partial charge in [0.2, 0.25) is 0 Å². The van der Waals surface area contributed by atoms with Crippen LogP contribution in [0.15, 0.2) is 4.99 Å². The first-order valence-corrected chi connectivity index (χ1v) is 3.69. The minimum absolute atomic E-state index is 0.514. The van der Waals surface area contributed by atoms with Gasteiger partial charge in [0.05, 0.1) is 0 Å². The largest absolute Gasteiger partial charge is 0.298 e. The molecule has 0 N–H and O–H groups in total. The molecule has 9 heavy (non-hydrogen) atoms. The second-order valence-corrected chi connectivity index (χ2v) is 3.56. The van der Waals surface area contributed by atoms with Gasteiger partial charge in [0, 0.05) is 6.54 Å². The van der Waals surface area contributed by atoms with Crippen LogP contribution in [0.1, 0.15) is 33.1 Å². The van der Waals surface area contributed by atoms with Crippen LogP contribution in [0.3, 0.4) is 0 Å². The Morgan fingerprint density at radius 3 is 3.00 bits per heavy atom. The van der Waals surface area contributed by atoms with Crippen molar-refractivity contribution in [1.29, 1.82) is 0 Å². The first-order valence-electron chi connectivity index (χ1n) is 3.69. The zero-order chi connectivity index (χ0) is 6.74. The molecule has 1 rings (SSSR count). The fraction of sp³-hybridized carbons (Fsp3) is 0.875. The van der Waals surface area contributed by atoms with Crippen molar-refractivity contribution in [2.45, 2.75) is 33.1 Å². The van der Waals surface area contributed by atoms with Crippen LogP contribution in [0.5, 0.6) is 0 Å². The molecule has 1 aliphatic heterocycles. The summed E-state index contributed by atoms with van der Waals surface area (Å²) in [5.74, 6) is 0. The summed E-state index contributed by atoms with van der Waals surface area (Å²) in [6, 6.07) is 0.